The molecule has 1 nitrogen and oxygen atoms in total. The lowest BCUT2D eigenvalue weighted by molar-refractivity contribution is 0.205. The Labute approximate surface area is 217 Å². The fraction of sp³-hybridized carbons (Fsp3) is 1.00. The summed E-state index contributed by atoms with van der Waals surface area (Å²) < 4.78 is 0. The van der Waals surface area contributed by atoms with Crippen molar-refractivity contribution < 1.29 is 0 Å². The Morgan fingerprint density at radius 1 is 0.412 bits per heavy atom. The Balaban J connectivity index is 2.13. The summed E-state index contributed by atoms with van der Waals surface area (Å²) in [6.45, 7) is 3.65. The maximum atomic E-state index is 2.76. The van der Waals surface area contributed by atoms with Gasteiger partial charge in [-0.15, -0.1) is 0 Å². The Morgan fingerprint density at radius 3 is 1.06 bits per heavy atom. The van der Waals surface area contributed by atoms with Gasteiger partial charge in [-0.05, 0) is 32.9 Å². The first-order chi connectivity index (χ1) is 16.8. The van der Waals surface area contributed by atoms with E-state index in [4.69, 9.17) is 0 Å². The molecule has 0 atom stereocenters. The van der Waals surface area contributed by atoms with Crippen LogP contribution in [0.5, 0.6) is 0 Å². The molecule has 0 aromatic heterocycles. The van der Waals surface area contributed by atoms with Gasteiger partial charge in [0.1, 0.15) is 0 Å². The summed E-state index contributed by atoms with van der Waals surface area (Å²) in [5, 5.41) is 0. The molecule has 1 aliphatic rings. The lowest BCUT2D eigenvalue weighted by Crippen LogP contribution is -2.32. The van der Waals surface area contributed by atoms with Crippen molar-refractivity contribution >= 4 is 0 Å². The van der Waals surface area contributed by atoms with Crippen LogP contribution in [0, 0.1) is 0 Å². The SMILES string of the molecule is CCCCCCCCCCCCCCN(C)C1CCCCCCCCCCCCCCCCC1. The molecule has 1 heteroatoms. The van der Waals surface area contributed by atoms with Crippen LogP contribution < -0.4 is 0 Å². The van der Waals surface area contributed by atoms with E-state index in [9.17, 15) is 0 Å². The van der Waals surface area contributed by atoms with Crippen molar-refractivity contribution in [1.82, 2.24) is 4.90 Å². The highest BCUT2D eigenvalue weighted by Crippen LogP contribution is 2.20. The minimum Gasteiger partial charge on any atom is -0.303 e. The number of hydrogen-bond donors (Lipinski definition) is 0. The zero-order chi connectivity index (χ0) is 24.4. The van der Waals surface area contributed by atoms with Gasteiger partial charge in [0, 0.05) is 6.04 Å². The molecular weight excluding hydrogens is 410 g/mol. The van der Waals surface area contributed by atoms with Crippen molar-refractivity contribution in [1.29, 1.82) is 0 Å². The van der Waals surface area contributed by atoms with Crippen molar-refractivity contribution in [3.8, 4) is 0 Å². The predicted octanol–water partition coefficient (Wildman–Crippen LogP) is 11.6. The molecule has 34 heavy (non-hydrogen) atoms. The standard InChI is InChI=1S/C33H67N/c1-3-4-5-6-7-8-9-17-20-23-26-29-32-34(2)33-30-27-24-21-18-15-13-11-10-12-14-16-19-22-25-28-31-33/h33H,3-32H2,1-2H3. The Morgan fingerprint density at radius 2 is 0.706 bits per heavy atom. The van der Waals surface area contributed by atoms with Crippen LogP contribution in [0.4, 0.5) is 0 Å². The number of hydrogen-bond acceptors (Lipinski definition) is 1. The van der Waals surface area contributed by atoms with Gasteiger partial charge in [0.25, 0.3) is 0 Å². The van der Waals surface area contributed by atoms with Crippen LogP contribution in [0.15, 0.2) is 0 Å². The highest BCUT2D eigenvalue weighted by molar-refractivity contribution is 4.70. The third kappa shape index (κ3) is 21.3. The number of unbranched alkanes of at least 4 members (excludes halogenated alkanes) is 11. The molecule has 0 aromatic rings. The van der Waals surface area contributed by atoms with Crippen LogP contribution in [-0.2, 0) is 0 Å². The fourth-order valence-electron chi connectivity index (χ4n) is 6.03. The van der Waals surface area contributed by atoms with Gasteiger partial charge in [0.15, 0.2) is 0 Å². The molecule has 0 spiro atoms. The van der Waals surface area contributed by atoms with Crippen LogP contribution in [-0.4, -0.2) is 24.5 Å². The molecule has 0 saturated heterocycles. The molecule has 0 bridgehead atoms. The van der Waals surface area contributed by atoms with Crippen molar-refractivity contribution in [3.05, 3.63) is 0 Å². The quantitative estimate of drug-likeness (QED) is 0.225. The number of rotatable bonds is 14. The summed E-state index contributed by atoms with van der Waals surface area (Å²) in [5.74, 6) is 0. The maximum absolute atomic E-state index is 2.76. The summed E-state index contributed by atoms with van der Waals surface area (Å²) in [7, 11) is 2.44. The first-order valence-corrected chi connectivity index (χ1v) is 16.5. The van der Waals surface area contributed by atoms with Gasteiger partial charge < -0.3 is 4.90 Å². The van der Waals surface area contributed by atoms with Crippen molar-refractivity contribution in [3.63, 3.8) is 0 Å². The third-order valence-electron chi connectivity index (χ3n) is 8.56. The smallest absolute Gasteiger partial charge is 0.00922 e. The van der Waals surface area contributed by atoms with Gasteiger partial charge in [-0.25, -0.2) is 0 Å². The molecule has 0 N–H and O–H groups in total. The third-order valence-corrected chi connectivity index (χ3v) is 8.56. The van der Waals surface area contributed by atoms with Crippen LogP contribution >= 0.6 is 0 Å². The Hall–Kier alpha value is -0.0400. The van der Waals surface area contributed by atoms with E-state index in [1.807, 2.05) is 0 Å². The summed E-state index contributed by atoms with van der Waals surface area (Å²) in [5.41, 5.74) is 0. The van der Waals surface area contributed by atoms with Crippen LogP contribution in [0.25, 0.3) is 0 Å². The molecule has 1 aliphatic carbocycles. The van der Waals surface area contributed by atoms with E-state index in [0.29, 0.717) is 0 Å². The van der Waals surface area contributed by atoms with E-state index in [1.165, 1.54) is 193 Å². The monoisotopic (exact) mass is 478 g/mol. The Kier molecular flexibility index (Phi) is 24.5. The van der Waals surface area contributed by atoms with E-state index in [-0.39, 0.29) is 0 Å². The van der Waals surface area contributed by atoms with Crippen LogP contribution in [0.3, 0.4) is 0 Å². The molecule has 0 aliphatic heterocycles. The first-order valence-electron chi connectivity index (χ1n) is 16.5. The van der Waals surface area contributed by atoms with E-state index < -0.39 is 0 Å². The molecule has 0 amide bonds. The highest BCUT2D eigenvalue weighted by atomic mass is 15.1. The molecule has 0 radical (unpaired) electrons. The Bertz CT molecular complexity index is 361. The van der Waals surface area contributed by atoms with Gasteiger partial charge in [0.2, 0.25) is 0 Å². The zero-order valence-electron chi connectivity index (χ0n) is 24.2. The summed E-state index contributed by atoms with van der Waals surface area (Å²) in [4.78, 5) is 2.76. The van der Waals surface area contributed by atoms with Crippen molar-refractivity contribution in [2.24, 2.45) is 0 Å². The van der Waals surface area contributed by atoms with E-state index in [0.717, 1.165) is 6.04 Å². The van der Waals surface area contributed by atoms with Gasteiger partial charge in [-0.3, -0.25) is 0 Å². The minimum absolute atomic E-state index is 0.853. The van der Waals surface area contributed by atoms with Crippen molar-refractivity contribution in [2.75, 3.05) is 13.6 Å². The van der Waals surface area contributed by atoms with E-state index in [1.54, 1.807) is 0 Å². The second-order valence-corrected chi connectivity index (χ2v) is 11.9. The summed E-state index contributed by atoms with van der Waals surface area (Å²) >= 11 is 0. The van der Waals surface area contributed by atoms with Crippen LogP contribution in [0.1, 0.15) is 193 Å². The lowest BCUT2D eigenvalue weighted by Gasteiger charge is -2.28. The van der Waals surface area contributed by atoms with Crippen LogP contribution in [0.2, 0.25) is 0 Å². The predicted molar refractivity (Wildman–Crippen MR) is 156 cm³/mol. The van der Waals surface area contributed by atoms with Gasteiger partial charge in [-0.2, -0.15) is 0 Å². The molecule has 1 fully saturated rings. The highest BCUT2D eigenvalue weighted by Gasteiger charge is 2.14. The second kappa shape index (κ2) is 26.0. The van der Waals surface area contributed by atoms with Gasteiger partial charge in [0.05, 0.1) is 0 Å². The zero-order valence-corrected chi connectivity index (χ0v) is 24.2. The van der Waals surface area contributed by atoms with Crippen molar-refractivity contribution in [2.45, 2.75) is 199 Å². The molecule has 0 heterocycles. The fourth-order valence-corrected chi connectivity index (χ4v) is 6.03. The maximum Gasteiger partial charge on any atom is 0.00922 e. The molecule has 0 aromatic carbocycles. The minimum atomic E-state index is 0.853. The van der Waals surface area contributed by atoms with Gasteiger partial charge in [-0.1, -0.05) is 174 Å². The second-order valence-electron chi connectivity index (χ2n) is 11.9. The normalized spacial score (nSPS) is 19.1. The lowest BCUT2D eigenvalue weighted by atomic mass is 9.97. The average Bonchev–Trinajstić information content (AvgIpc) is 2.84. The molecule has 0 unspecified atom stereocenters. The molecule has 1 saturated carbocycles. The topological polar surface area (TPSA) is 3.24 Å². The van der Waals surface area contributed by atoms with Gasteiger partial charge >= 0.3 is 0 Å². The van der Waals surface area contributed by atoms with E-state index >= 15 is 0 Å². The largest absolute Gasteiger partial charge is 0.303 e. The molecule has 204 valence electrons. The summed E-state index contributed by atoms with van der Waals surface area (Å²) in [6, 6.07) is 0.853. The number of nitrogens with zero attached hydrogens (tertiary/aromatic N) is 1. The average molecular weight is 478 g/mol. The molecule has 1 rings (SSSR count). The molecular formula is C33H67N. The first kappa shape index (κ1) is 32.0. The summed E-state index contributed by atoms with van der Waals surface area (Å²) in [6.07, 6.45) is 42.6. The van der Waals surface area contributed by atoms with E-state index in [2.05, 4.69) is 18.9 Å².